The number of alkyl carbamates (subject to hydrolysis) is 1. The second-order valence-electron chi connectivity index (χ2n) is 10.3. The van der Waals surface area contributed by atoms with Crippen LogP contribution in [-0.2, 0) is 22.4 Å². The van der Waals surface area contributed by atoms with Crippen LogP contribution in [0.1, 0.15) is 52.7 Å². The normalized spacial score (nSPS) is 11.6. The lowest BCUT2D eigenvalue weighted by Gasteiger charge is -2.26. The molecule has 2 aromatic rings. The second kappa shape index (κ2) is 13.4. The van der Waals surface area contributed by atoms with E-state index in [4.69, 9.17) is 14.2 Å². The molecule has 0 aliphatic heterocycles. The molecule has 2 amide bonds. The molecule has 0 spiro atoms. The van der Waals surface area contributed by atoms with Crippen molar-refractivity contribution < 1.29 is 23.8 Å². The van der Waals surface area contributed by atoms with Crippen molar-refractivity contribution in [1.82, 2.24) is 10.2 Å². The molecule has 1 N–H and O–H groups in total. The number of carbonyl (C=O) groups excluding carboxylic acids is 2. The van der Waals surface area contributed by atoms with Gasteiger partial charge in [-0.1, -0.05) is 54.3 Å². The van der Waals surface area contributed by atoms with Gasteiger partial charge in [-0.05, 0) is 64.8 Å². The topological polar surface area (TPSA) is 89.5 Å². The van der Waals surface area contributed by atoms with Crippen LogP contribution in [0.2, 0.25) is 0 Å². The zero-order valence-corrected chi connectivity index (χ0v) is 22.8. The zero-order chi connectivity index (χ0) is 27.5. The van der Waals surface area contributed by atoms with Crippen molar-refractivity contribution >= 4 is 18.1 Å². The van der Waals surface area contributed by atoms with Gasteiger partial charge in [-0.3, -0.25) is 5.32 Å². The number of benzene rings is 2. The Labute approximate surface area is 220 Å². The van der Waals surface area contributed by atoms with Crippen LogP contribution in [0.15, 0.2) is 59.6 Å². The molecule has 0 aliphatic rings. The molecule has 2 rings (SSSR count). The highest BCUT2D eigenvalue weighted by Gasteiger charge is 2.23. The van der Waals surface area contributed by atoms with Crippen LogP contribution in [0.5, 0.6) is 5.75 Å². The minimum absolute atomic E-state index is 0.00824. The summed E-state index contributed by atoms with van der Waals surface area (Å²) in [5.74, 6) is 7.04. The predicted molar refractivity (Wildman–Crippen MR) is 144 cm³/mol. The largest absolute Gasteiger partial charge is 0.497 e. The van der Waals surface area contributed by atoms with Crippen molar-refractivity contribution in [2.24, 2.45) is 4.99 Å². The number of hydrogen-bond acceptors (Lipinski definition) is 5. The molecule has 0 unspecified atom stereocenters. The number of ether oxygens (including phenoxy) is 3. The first-order valence-electron chi connectivity index (χ1n) is 12.0. The summed E-state index contributed by atoms with van der Waals surface area (Å²) in [4.78, 5) is 31.0. The van der Waals surface area contributed by atoms with Gasteiger partial charge in [-0.25, -0.2) is 9.59 Å². The zero-order valence-electron chi connectivity index (χ0n) is 22.8. The van der Waals surface area contributed by atoms with Gasteiger partial charge in [0, 0.05) is 13.0 Å². The van der Waals surface area contributed by atoms with Crippen molar-refractivity contribution in [2.75, 3.05) is 13.7 Å². The Morgan fingerprint density at radius 2 is 1.49 bits per heavy atom. The Morgan fingerprint density at radius 1 is 0.865 bits per heavy atom. The molecule has 2 aromatic carbocycles. The first-order valence-corrected chi connectivity index (χ1v) is 12.0. The molecule has 0 aliphatic carbocycles. The lowest BCUT2D eigenvalue weighted by molar-refractivity contribution is 0.0554. The molecule has 0 fully saturated rings. The molecule has 0 saturated heterocycles. The maximum Gasteiger partial charge on any atom is 0.437 e. The fourth-order valence-corrected chi connectivity index (χ4v) is 3.01. The summed E-state index contributed by atoms with van der Waals surface area (Å²) in [6, 6.07) is 17.3. The number of carbonyl (C=O) groups is 2. The maximum atomic E-state index is 12.6. The van der Waals surface area contributed by atoms with Crippen molar-refractivity contribution in [3.05, 3.63) is 65.7 Å². The number of rotatable bonds is 5. The molecule has 0 saturated carbocycles. The highest BCUT2D eigenvalue weighted by molar-refractivity contribution is 5.99. The van der Waals surface area contributed by atoms with E-state index in [9.17, 15) is 9.59 Å². The van der Waals surface area contributed by atoms with E-state index in [1.807, 2.05) is 54.6 Å². The van der Waals surface area contributed by atoms with Gasteiger partial charge in [0.1, 0.15) is 17.0 Å². The summed E-state index contributed by atoms with van der Waals surface area (Å²) in [6.45, 7) is 11.0. The van der Waals surface area contributed by atoms with Crippen LogP contribution >= 0.6 is 0 Å². The third-order valence-corrected chi connectivity index (χ3v) is 4.57. The van der Waals surface area contributed by atoms with E-state index in [0.717, 1.165) is 16.9 Å². The van der Waals surface area contributed by atoms with Crippen LogP contribution in [-0.4, -0.2) is 47.9 Å². The van der Waals surface area contributed by atoms with E-state index in [0.29, 0.717) is 13.0 Å². The van der Waals surface area contributed by atoms with Gasteiger partial charge >= 0.3 is 12.2 Å². The van der Waals surface area contributed by atoms with Gasteiger partial charge in [-0.15, -0.1) is 4.99 Å². The van der Waals surface area contributed by atoms with E-state index in [2.05, 4.69) is 22.2 Å². The first-order chi connectivity index (χ1) is 17.3. The van der Waals surface area contributed by atoms with Gasteiger partial charge in [0.05, 0.1) is 13.7 Å². The molecule has 37 heavy (non-hydrogen) atoms. The third kappa shape index (κ3) is 12.0. The van der Waals surface area contributed by atoms with Gasteiger partial charge in [0.2, 0.25) is 5.96 Å². The van der Waals surface area contributed by atoms with Gasteiger partial charge < -0.3 is 19.1 Å². The van der Waals surface area contributed by atoms with Crippen LogP contribution in [0.3, 0.4) is 0 Å². The molecule has 0 bridgehead atoms. The fourth-order valence-electron chi connectivity index (χ4n) is 3.01. The number of hydrogen-bond donors (Lipinski definition) is 1. The Kier molecular flexibility index (Phi) is 10.6. The van der Waals surface area contributed by atoms with E-state index >= 15 is 0 Å². The van der Waals surface area contributed by atoms with E-state index in [1.165, 1.54) is 0 Å². The van der Waals surface area contributed by atoms with E-state index < -0.39 is 23.4 Å². The molecular formula is C29H37N3O5. The number of nitrogens with zero attached hydrogens (tertiary/aromatic N) is 2. The Bertz CT molecular complexity index is 1120. The molecular weight excluding hydrogens is 470 g/mol. The van der Waals surface area contributed by atoms with Crippen LogP contribution in [0, 0.1) is 11.8 Å². The van der Waals surface area contributed by atoms with Gasteiger partial charge in [-0.2, -0.15) is 0 Å². The van der Waals surface area contributed by atoms with Crippen molar-refractivity contribution in [3.8, 4) is 17.6 Å². The maximum absolute atomic E-state index is 12.6. The average Bonchev–Trinajstić information content (AvgIpc) is 2.79. The molecule has 0 atom stereocenters. The summed E-state index contributed by atoms with van der Waals surface area (Å²) in [7, 11) is 1.62. The Balaban J connectivity index is 2.32. The number of methoxy groups -OCH3 is 1. The van der Waals surface area contributed by atoms with E-state index in [1.54, 1.807) is 53.6 Å². The molecule has 8 heteroatoms. The first kappa shape index (κ1) is 29.2. The lowest BCUT2D eigenvalue weighted by Crippen LogP contribution is -2.46. The molecule has 0 radical (unpaired) electrons. The van der Waals surface area contributed by atoms with Crippen molar-refractivity contribution in [1.29, 1.82) is 0 Å². The number of amides is 2. The van der Waals surface area contributed by atoms with Crippen molar-refractivity contribution in [3.63, 3.8) is 0 Å². The SMILES string of the molecule is COc1ccc(CC#CCN(Cc2ccccc2)/C(=N\C(=O)OC(C)(C)C)NC(=O)OC(C)(C)C)cc1. The Morgan fingerprint density at radius 3 is 2.05 bits per heavy atom. The van der Waals surface area contributed by atoms with Gasteiger partial charge in [0.15, 0.2) is 0 Å². The summed E-state index contributed by atoms with van der Waals surface area (Å²) in [5, 5.41) is 2.61. The summed E-state index contributed by atoms with van der Waals surface area (Å²) in [5.41, 5.74) is 0.503. The van der Waals surface area contributed by atoms with E-state index in [-0.39, 0.29) is 12.5 Å². The minimum atomic E-state index is -0.831. The minimum Gasteiger partial charge on any atom is -0.497 e. The molecule has 8 nitrogen and oxygen atoms in total. The number of guanidine groups is 1. The fraction of sp³-hybridized carbons (Fsp3) is 0.414. The quantitative estimate of drug-likeness (QED) is 0.324. The van der Waals surface area contributed by atoms with Gasteiger partial charge in [0.25, 0.3) is 0 Å². The second-order valence-corrected chi connectivity index (χ2v) is 10.3. The van der Waals surface area contributed by atoms with Crippen LogP contribution in [0.4, 0.5) is 9.59 Å². The van der Waals surface area contributed by atoms with Crippen LogP contribution in [0.25, 0.3) is 0 Å². The summed E-state index contributed by atoms with van der Waals surface area (Å²) < 4.78 is 16.0. The summed E-state index contributed by atoms with van der Waals surface area (Å²) >= 11 is 0. The lowest BCUT2D eigenvalue weighted by atomic mass is 10.1. The molecule has 0 heterocycles. The Hall–Kier alpha value is -3.99. The number of nitrogens with one attached hydrogen (secondary N) is 1. The van der Waals surface area contributed by atoms with Crippen LogP contribution < -0.4 is 10.1 Å². The highest BCUT2D eigenvalue weighted by Crippen LogP contribution is 2.13. The predicted octanol–water partition coefficient (Wildman–Crippen LogP) is 5.56. The molecule has 198 valence electrons. The standard InChI is InChI=1S/C29H37N3O5/c1-28(2,3)36-26(33)30-25(31-27(34)37-29(4,5)6)32(21-23-14-9-8-10-15-23)20-12-11-13-22-16-18-24(35-7)19-17-22/h8-10,14-19H,13,20-21H2,1-7H3,(H,30,31,33,34). The van der Waals surface area contributed by atoms with Crippen molar-refractivity contribution in [2.45, 2.75) is 65.7 Å². The average molecular weight is 508 g/mol. The monoisotopic (exact) mass is 507 g/mol. The number of aliphatic imine (C=N–C) groups is 1. The summed E-state index contributed by atoms with van der Waals surface area (Å²) in [6.07, 6.45) is -1.04. The smallest absolute Gasteiger partial charge is 0.437 e. The molecule has 0 aromatic heterocycles. The third-order valence-electron chi connectivity index (χ3n) is 4.57. The highest BCUT2D eigenvalue weighted by atomic mass is 16.6.